The van der Waals surface area contributed by atoms with E-state index in [4.69, 9.17) is 18.9 Å². The first-order chi connectivity index (χ1) is 16.3. The number of allylic oxidation sites excluding steroid dienone is 1. The highest BCUT2D eigenvalue weighted by Gasteiger charge is 2.60. The van der Waals surface area contributed by atoms with Crippen molar-refractivity contribution in [2.24, 2.45) is 23.7 Å². The quantitative estimate of drug-likeness (QED) is 0.312. The number of esters is 3. The van der Waals surface area contributed by atoms with Crippen LogP contribution in [0.3, 0.4) is 0 Å². The van der Waals surface area contributed by atoms with Crippen molar-refractivity contribution in [3.63, 3.8) is 0 Å². The van der Waals surface area contributed by atoms with Crippen LogP contribution in [-0.2, 0) is 38.1 Å². The number of fused-ring (bicyclic) bond motifs is 1. The van der Waals surface area contributed by atoms with Crippen LogP contribution in [0, 0.1) is 23.7 Å². The van der Waals surface area contributed by atoms with Gasteiger partial charge in [0.2, 0.25) is 0 Å². The summed E-state index contributed by atoms with van der Waals surface area (Å²) in [6, 6.07) is 0. The maximum atomic E-state index is 13.1. The zero-order valence-electron chi connectivity index (χ0n) is 21.5. The van der Waals surface area contributed by atoms with Gasteiger partial charge in [-0.3, -0.25) is 14.4 Å². The molecule has 0 bridgehead atoms. The molecule has 2 rings (SSSR count). The van der Waals surface area contributed by atoms with E-state index >= 15 is 0 Å². The average molecular weight is 499 g/mol. The van der Waals surface area contributed by atoms with Gasteiger partial charge in [-0.05, 0) is 33.1 Å². The Labute approximate surface area is 205 Å². The molecule has 1 saturated carbocycles. The molecule has 2 N–H and O–H groups in total. The molecule has 35 heavy (non-hydrogen) atoms. The van der Waals surface area contributed by atoms with E-state index in [1.54, 1.807) is 40.7 Å². The number of rotatable bonds is 6. The fourth-order valence-corrected chi connectivity index (χ4v) is 4.51. The Morgan fingerprint density at radius 2 is 1.89 bits per heavy atom. The van der Waals surface area contributed by atoms with Gasteiger partial charge in [0.15, 0.2) is 17.5 Å². The summed E-state index contributed by atoms with van der Waals surface area (Å²) in [7, 11) is 1.37. The van der Waals surface area contributed by atoms with E-state index in [0.717, 1.165) is 0 Å². The van der Waals surface area contributed by atoms with Crippen LogP contribution < -0.4 is 0 Å². The zero-order chi connectivity index (χ0) is 26.7. The summed E-state index contributed by atoms with van der Waals surface area (Å²) in [4.78, 5) is 51.1. The predicted octanol–water partition coefficient (Wildman–Crippen LogP) is 1.35. The second-order valence-electron chi connectivity index (χ2n) is 9.97. The highest BCUT2D eigenvalue weighted by atomic mass is 16.6. The molecule has 2 fully saturated rings. The Morgan fingerprint density at radius 1 is 1.26 bits per heavy atom. The Morgan fingerprint density at radius 3 is 2.43 bits per heavy atom. The summed E-state index contributed by atoms with van der Waals surface area (Å²) in [5.41, 5.74) is -1.87. The minimum atomic E-state index is -2.19. The highest BCUT2D eigenvalue weighted by molar-refractivity contribution is 5.89. The molecular weight excluding hydrogens is 460 g/mol. The van der Waals surface area contributed by atoms with E-state index < -0.39 is 77.4 Å². The molecule has 10 nitrogen and oxygen atoms in total. The summed E-state index contributed by atoms with van der Waals surface area (Å²) in [5.74, 6) is -5.93. The largest absolute Gasteiger partial charge is 0.458 e. The molecule has 1 saturated heterocycles. The average Bonchev–Trinajstić information content (AvgIpc) is 3.12. The predicted molar refractivity (Wildman–Crippen MR) is 123 cm³/mol. The molecule has 0 amide bonds. The number of carbonyl (C=O) groups is 4. The number of aliphatic hydroxyl groups is 2. The third kappa shape index (κ3) is 6.10. The fourth-order valence-electron chi connectivity index (χ4n) is 4.51. The molecule has 0 aromatic carbocycles. The van der Waals surface area contributed by atoms with Gasteiger partial charge in [0, 0.05) is 25.0 Å². The van der Waals surface area contributed by atoms with Crippen molar-refractivity contribution < 1.29 is 48.3 Å². The first-order valence-corrected chi connectivity index (χ1v) is 11.9. The van der Waals surface area contributed by atoms with Crippen LogP contribution in [0.1, 0.15) is 54.4 Å². The molecule has 1 aliphatic heterocycles. The lowest BCUT2D eigenvalue weighted by molar-refractivity contribution is -0.199. The molecule has 2 aliphatic rings. The van der Waals surface area contributed by atoms with E-state index in [0.29, 0.717) is 5.57 Å². The van der Waals surface area contributed by atoms with Crippen molar-refractivity contribution >= 4 is 23.7 Å². The number of Topliss-reactive ketones (excluding diaryl/α,β-unsaturated/α-hetero) is 1. The third-order valence-electron chi connectivity index (χ3n) is 6.99. The minimum Gasteiger partial charge on any atom is -0.458 e. The number of methoxy groups -OCH3 is 1. The van der Waals surface area contributed by atoms with Crippen LogP contribution >= 0.6 is 0 Å². The number of hydrogen-bond acceptors (Lipinski definition) is 10. The summed E-state index contributed by atoms with van der Waals surface area (Å²) in [5, 5.41) is 22.8. The van der Waals surface area contributed by atoms with E-state index in [1.165, 1.54) is 14.0 Å². The van der Waals surface area contributed by atoms with Gasteiger partial charge in [-0.2, -0.15) is 0 Å². The maximum Gasteiger partial charge on any atom is 0.333 e. The molecule has 1 heterocycles. The second kappa shape index (κ2) is 11.6. The van der Waals surface area contributed by atoms with E-state index in [-0.39, 0.29) is 19.4 Å². The molecule has 0 unspecified atom stereocenters. The Balaban J connectivity index is 2.64. The van der Waals surface area contributed by atoms with Gasteiger partial charge in [0.1, 0.15) is 12.2 Å². The molecule has 0 aromatic heterocycles. The van der Waals surface area contributed by atoms with Gasteiger partial charge in [-0.25, -0.2) is 4.79 Å². The SMILES string of the molecule is C/C=C(/C)C(=O)O[C@H]1[C@@H](O)[C@@H]2[C@H](OC(=O)[C@H]2COC)[C@@H](OC(=O)C(C)C)[C@@](C)(O)C(=O)CC[C@H]1C. The number of ether oxygens (including phenoxy) is 4. The summed E-state index contributed by atoms with van der Waals surface area (Å²) in [6.45, 7) is 9.20. The van der Waals surface area contributed by atoms with E-state index in [2.05, 4.69) is 0 Å². The Hall–Kier alpha value is -2.30. The third-order valence-corrected chi connectivity index (χ3v) is 6.99. The highest BCUT2D eigenvalue weighted by Crippen LogP contribution is 2.42. The number of carbonyl (C=O) groups excluding carboxylic acids is 4. The molecule has 10 heteroatoms. The van der Waals surface area contributed by atoms with Gasteiger partial charge in [-0.1, -0.05) is 26.8 Å². The van der Waals surface area contributed by atoms with Crippen molar-refractivity contribution in [1.82, 2.24) is 0 Å². The molecule has 1 aliphatic carbocycles. The van der Waals surface area contributed by atoms with Gasteiger partial charge in [0.25, 0.3) is 0 Å². The molecule has 0 spiro atoms. The van der Waals surface area contributed by atoms with Crippen molar-refractivity contribution in [1.29, 1.82) is 0 Å². The van der Waals surface area contributed by atoms with Crippen LogP contribution in [0.5, 0.6) is 0 Å². The van der Waals surface area contributed by atoms with Gasteiger partial charge < -0.3 is 29.2 Å². The van der Waals surface area contributed by atoms with Gasteiger partial charge in [-0.15, -0.1) is 0 Å². The number of ketones is 1. The topological polar surface area (TPSA) is 146 Å². The summed E-state index contributed by atoms with van der Waals surface area (Å²) in [6.07, 6.45) is -3.91. The fraction of sp³-hybridized carbons (Fsp3) is 0.760. The maximum absolute atomic E-state index is 13.1. The molecule has 198 valence electrons. The van der Waals surface area contributed by atoms with Crippen LogP contribution in [0.25, 0.3) is 0 Å². The van der Waals surface area contributed by atoms with Crippen LogP contribution in [-0.4, -0.2) is 77.6 Å². The van der Waals surface area contributed by atoms with Crippen molar-refractivity contribution in [2.45, 2.75) is 84.4 Å². The van der Waals surface area contributed by atoms with Crippen molar-refractivity contribution in [3.8, 4) is 0 Å². The second-order valence-corrected chi connectivity index (χ2v) is 9.97. The molecule has 8 atom stereocenters. The standard InChI is InChI=1S/C25H38O10/c1-8-13(4)23(29)33-19-14(5)9-10-16(26)25(6,31)21(35-22(28)12(2)3)20-17(18(19)27)15(11-32-7)24(30)34-20/h8,12,14-15,17-21,27,31H,9-11H2,1-7H3/b13-8-/t14-,15+,17-,18+,19-,20+,21-,25+/m1/s1. The smallest absolute Gasteiger partial charge is 0.333 e. The normalized spacial score (nSPS) is 36.4. The summed E-state index contributed by atoms with van der Waals surface area (Å²) < 4.78 is 21.9. The first kappa shape index (κ1) is 28.9. The van der Waals surface area contributed by atoms with Crippen LogP contribution in [0.15, 0.2) is 11.6 Å². The van der Waals surface area contributed by atoms with Crippen LogP contribution in [0.4, 0.5) is 0 Å². The Bertz CT molecular complexity index is 845. The number of hydrogen-bond donors (Lipinski definition) is 2. The summed E-state index contributed by atoms with van der Waals surface area (Å²) >= 11 is 0. The van der Waals surface area contributed by atoms with Gasteiger partial charge >= 0.3 is 17.9 Å². The molecule has 0 aromatic rings. The van der Waals surface area contributed by atoms with Crippen molar-refractivity contribution in [2.75, 3.05) is 13.7 Å². The number of aliphatic hydroxyl groups excluding tert-OH is 1. The zero-order valence-corrected chi connectivity index (χ0v) is 21.5. The first-order valence-electron chi connectivity index (χ1n) is 11.9. The van der Waals surface area contributed by atoms with Crippen molar-refractivity contribution in [3.05, 3.63) is 11.6 Å². The lowest BCUT2D eigenvalue weighted by Crippen LogP contribution is -2.60. The lowest BCUT2D eigenvalue weighted by atomic mass is 9.73. The van der Waals surface area contributed by atoms with Crippen LogP contribution in [0.2, 0.25) is 0 Å². The van der Waals surface area contributed by atoms with Gasteiger partial charge in [0.05, 0.1) is 24.5 Å². The molecular formula is C25H38O10. The molecule has 0 radical (unpaired) electrons. The van der Waals surface area contributed by atoms with E-state index in [9.17, 15) is 29.4 Å². The lowest BCUT2D eigenvalue weighted by Gasteiger charge is -2.41. The Kier molecular flexibility index (Phi) is 9.61. The monoisotopic (exact) mass is 498 g/mol. The minimum absolute atomic E-state index is 0.138. The van der Waals surface area contributed by atoms with E-state index in [1.807, 2.05) is 0 Å².